The van der Waals surface area contributed by atoms with Gasteiger partial charge in [-0.2, -0.15) is 0 Å². The Hall–Kier alpha value is -0.670. The summed E-state index contributed by atoms with van der Waals surface area (Å²) in [7, 11) is -4.15. The number of hydrogen-bond donors (Lipinski definition) is 3. The van der Waals surface area contributed by atoms with E-state index in [4.69, 9.17) is 42.0 Å². The van der Waals surface area contributed by atoms with Crippen LogP contribution in [0.1, 0.15) is 45.4 Å². The molecule has 1 saturated heterocycles. The predicted molar refractivity (Wildman–Crippen MR) is 143 cm³/mol. The van der Waals surface area contributed by atoms with Gasteiger partial charge in [0.05, 0.1) is 39.1 Å². The molecule has 0 radical (unpaired) electrons. The number of hydrogen-bond acceptors (Lipinski definition) is 13. The van der Waals surface area contributed by atoms with E-state index in [1.807, 2.05) is 6.92 Å². The van der Waals surface area contributed by atoms with Gasteiger partial charge < -0.3 is 36.5 Å². The number of ether oxygens (including phenoxy) is 3. The molecule has 1 fully saturated rings. The molecule has 0 aromatic carbocycles. The summed E-state index contributed by atoms with van der Waals surface area (Å²) in [4.78, 5) is 27.0. The van der Waals surface area contributed by atoms with Crippen LogP contribution in [0.25, 0.3) is 0 Å². The average molecular weight is 604 g/mol. The van der Waals surface area contributed by atoms with Crippen molar-refractivity contribution in [3.63, 3.8) is 0 Å². The van der Waals surface area contributed by atoms with Gasteiger partial charge in [-0.25, -0.2) is 4.79 Å². The van der Waals surface area contributed by atoms with E-state index < -0.39 is 57.8 Å². The van der Waals surface area contributed by atoms with Crippen LogP contribution in [-0.4, -0.2) is 73.9 Å². The van der Waals surface area contributed by atoms with Crippen LogP contribution in [0.3, 0.4) is 0 Å². The minimum Gasteiger partial charge on any atom is -0.382 e. The summed E-state index contributed by atoms with van der Waals surface area (Å²) in [5, 5.41) is 0. The maximum atomic E-state index is 13.5. The lowest BCUT2D eigenvalue weighted by atomic mass is 10.1. The zero-order valence-electron chi connectivity index (χ0n) is 22.3. The van der Waals surface area contributed by atoms with E-state index in [9.17, 15) is 14.2 Å². The standard InChI is InChI=1S/C21H39N3O11P2S/c1-6-9-30-36(22)34-17-15(12-16(35-38)37(27,31-7-2)32-8-3)33-20(18(17)29-11-10-28-5)24-13-14(4)19(25)23-21(24)26/h13,15-18,20,38H,6-12,22H2,1-5H3,(H,23,25,26)/t15?,16?,17-,18-,20-,36?/m1/s1. The van der Waals surface area contributed by atoms with E-state index in [0.29, 0.717) is 13.0 Å². The van der Waals surface area contributed by atoms with Crippen molar-refractivity contribution < 1.29 is 41.1 Å². The lowest BCUT2D eigenvalue weighted by molar-refractivity contribution is -0.0792. The second-order valence-electron chi connectivity index (χ2n) is 8.23. The number of aromatic amines is 1. The van der Waals surface area contributed by atoms with Crippen LogP contribution in [-0.2, 0) is 41.1 Å². The summed E-state index contributed by atoms with van der Waals surface area (Å²) in [6.45, 7) is 7.78. The van der Waals surface area contributed by atoms with Gasteiger partial charge in [0.1, 0.15) is 12.2 Å². The molecule has 220 valence electrons. The number of aromatic nitrogens is 2. The minimum absolute atomic E-state index is 0.0832. The van der Waals surface area contributed by atoms with E-state index in [2.05, 4.69) is 17.9 Å². The first-order valence-corrected chi connectivity index (χ1v) is 15.5. The molecule has 0 bridgehead atoms. The first-order chi connectivity index (χ1) is 18.1. The fourth-order valence-corrected chi connectivity index (χ4v) is 6.85. The van der Waals surface area contributed by atoms with E-state index in [1.54, 1.807) is 20.8 Å². The van der Waals surface area contributed by atoms with Crippen LogP contribution in [0.5, 0.6) is 0 Å². The zero-order valence-corrected chi connectivity index (χ0v) is 25.0. The number of H-pyrrole nitrogens is 1. The Labute approximate surface area is 228 Å². The molecule has 1 aliphatic rings. The van der Waals surface area contributed by atoms with Gasteiger partial charge >= 0.3 is 13.3 Å². The number of nitrogens with one attached hydrogen (secondary N) is 1. The van der Waals surface area contributed by atoms with Crippen molar-refractivity contribution in [2.75, 3.05) is 40.1 Å². The van der Waals surface area contributed by atoms with Gasteiger partial charge in [0, 0.05) is 25.3 Å². The molecule has 1 aromatic heterocycles. The molecule has 17 heteroatoms. The topological polar surface area (TPSA) is 172 Å². The van der Waals surface area contributed by atoms with Crippen molar-refractivity contribution in [3.05, 3.63) is 32.6 Å². The van der Waals surface area contributed by atoms with Gasteiger partial charge in [-0.1, -0.05) is 6.92 Å². The quantitative estimate of drug-likeness (QED) is 0.0971. The molecular formula is C21H39N3O11P2S. The van der Waals surface area contributed by atoms with Crippen molar-refractivity contribution in [2.45, 2.75) is 70.9 Å². The molecule has 0 amide bonds. The number of nitrogens with two attached hydrogens (primary N) is 1. The number of aryl methyl sites for hydroxylation is 1. The summed E-state index contributed by atoms with van der Waals surface area (Å²) in [6.07, 6.45) is -1.76. The second kappa shape index (κ2) is 16.6. The maximum Gasteiger partial charge on any atom is 0.360 e. The first kappa shape index (κ1) is 33.5. The van der Waals surface area contributed by atoms with Crippen LogP contribution in [0, 0.1) is 6.92 Å². The Kier molecular flexibility index (Phi) is 14.6. The van der Waals surface area contributed by atoms with Crippen LogP contribution >= 0.6 is 29.0 Å². The van der Waals surface area contributed by atoms with Gasteiger partial charge in [0.2, 0.25) is 0 Å². The van der Waals surface area contributed by atoms with Crippen molar-refractivity contribution in [1.29, 1.82) is 0 Å². The van der Waals surface area contributed by atoms with Crippen molar-refractivity contribution >= 4 is 29.0 Å². The monoisotopic (exact) mass is 603 g/mol. The van der Waals surface area contributed by atoms with Crippen molar-refractivity contribution in [3.8, 4) is 0 Å². The van der Waals surface area contributed by atoms with Crippen LogP contribution in [0.2, 0.25) is 0 Å². The third-order valence-electron chi connectivity index (χ3n) is 5.48. The van der Waals surface area contributed by atoms with E-state index >= 15 is 0 Å². The maximum absolute atomic E-state index is 13.5. The van der Waals surface area contributed by atoms with E-state index in [-0.39, 0.29) is 38.4 Å². The molecule has 1 aromatic rings. The zero-order chi connectivity index (χ0) is 28.3. The van der Waals surface area contributed by atoms with E-state index in [1.165, 1.54) is 17.9 Å². The summed E-state index contributed by atoms with van der Waals surface area (Å²) < 4.78 is 59.9. The second-order valence-corrected chi connectivity index (χ2v) is 11.7. The number of methoxy groups -OCH3 is 1. The fraction of sp³-hybridized carbons (Fsp3) is 0.810. The summed E-state index contributed by atoms with van der Waals surface area (Å²) in [5.74, 6) is -1.16. The van der Waals surface area contributed by atoms with Crippen LogP contribution in [0.4, 0.5) is 0 Å². The Morgan fingerprint density at radius 1 is 1.18 bits per heavy atom. The highest BCUT2D eigenvalue weighted by molar-refractivity contribution is 7.75. The lowest BCUT2D eigenvalue weighted by Crippen LogP contribution is -2.41. The van der Waals surface area contributed by atoms with Crippen molar-refractivity contribution in [2.24, 2.45) is 5.50 Å². The van der Waals surface area contributed by atoms with Gasteiger partial charge in [-0.05, 0) is 40.1 Å². The summed E-state index contributed by atoms with van der Waals surface area (Å²) >= 11 is 3.92. The fourth-order valence-electron chi connectivity index (χ4n) is 3.79. The Bertz CT molecular complexity index is 1000. The molecule has 2 rings (SSSR count). The molecule has 14 nitrogen and oxygen atoms in total. The molecular weight excluding hydrogens is 564 g/mol. The molecule has 0 spiro atoms. The Morgan fingerprint density at radius 3 is 2.45 bits per heavy atom. The molecule has 3 unspecified atom stereocenters. The normalized spacial score (nSPS) is 23.6. The largest absolute Gasteiger partial charge is 0.382 e. The highest BCUT2D eigenvalue weighted by Gasteiger charge is 2.51. The lowest BCUT2D eigenvalue weighted by Gasteiger charge is -2.29. The molecule has 38 heavy (non-hydrogen) atoms. The molecule has 3 N–H and O–H groups in total. The SMILES string of the molecule is CCCOP(N)O[C@@H]1C(CC(OS)P(=O)(OCC)OCC)O[C@@H](n2cc(C)c(=O)[nH]c2=O)[C@@H]1OCCOC. The summed E-state index contributed by atoms with van der Waals surface area (Å²) in [5.41, 5.74) is 5.19. The first-order valence-electron chi connectivity index (χ1n) is 12.3. The number of thiol groups is 1. The highest BCUT2D eigenvalue weighted by Crippen LogP contribution is 2.56. The molecule has 2 heterocycles. The third-order valence-corrected chi connectivity index (χ3v) is 9.04. The highest BCUT2D eigenvalue weighted by atomic mass is 32.1. The molecule has 0 saturated carbocycles. The Morgan fingerprint density at radius 2 is 1.87 bits per heavy atom. The molecule has 1 aliphatic heterocycles. The predicted octanol–water partition coefficient (Wildman–Crippen LogP) is 2.62. The van der Waals surface area contributed by atoms with E-state index in [0.717, 1.165) is 0 Å². The van der Waals surface area contributed by atoms with Gasteiger partial charge in [-0.15, -0.1) is 0 Å². The van der Waals surface area contributed by atoms with Gasteiger partial charge in [0.15, 0.2) is 12.1 Å². The smallest absolute Gasteiger partial charge is 0.360 e. The molecule has 6 atom stereocenters. The third kappa shape index (κ3) is 8.92. The number of rotatable bonds is 18. The number of nitrogens with zero attached hydrogens (tertiary/aromatic N) is 1. The Balaban J connectivity index is 2.51. The van der Waals surface area contributed by atoms with Crippen LogP contribution < -0.4 is 16.8 Å². The average Bonchev–Trinajstić information content (AvgIpc) is 3.20. The minimum atomic E-state index is -3.79. The van der Waals surface area contributed by atoms with Gasteiger partial charge in [0.25, 0.3) is 14.1 Å². The van der Waals surface area contributed by atoms with Crippen LogP contribution in [0.15, 0.2) is 15.8 Å². The molecule has 0 aliphatic carbocycles. The van der Waals surface area contributed by atoms with Crippen molar-refractivity contribution in [1.82, 2.24) is 9.55 Å². The van der Waals surface area contributed by atoms with Gasteiger partial charge in [-0.3, -0.25) is 24.4 Å². The summed E-state index contributed by atoms with van der Waals surface area (Å²) in [6, 6.07) is 0.